The van der Waals surface area contributed by atoms with Crippen LogP contribution in [0.15, 0.2) is 67.0 Å². The fraction of sp³-hybridized carbons (Fsp3) is 0.0909. The van der Waals surface area contributed by atoms with Gasteiger partial charge in [0.15, 0.2) is 5.82 Å². The third-order valence-corrected chi connectivity index (χ3v) is 5.06. The second-order valence-electron chi connectivity index (χ2n) is 6.72. The standard InChI is InChI=1S/C22H17FN4O/c1-26-20-8-3-2-7-18(20)25-22(26)19-12-27-11-14(9-10-21(27)24-19)15-5-4-6-17(23)16(15)13-28/h2-12,28H,13H2,1H3. The van der Waals surface area contributed by atoms with Gasteiger partial charge < -0.3 is 14.1 Å². The zero-order valence-corrected chi connectivity index (χ0v) is 15.2. The molecule has 0 unspecified atom stereocenters. The maximum Gasteiger partial charge on any atom is 0.161 e. The van der Waals surface area contributed by atoms with Gasteiger partial charge in [0.2, 0.25) is 0 Å². The van der Waals surface area contributed by atoms with Crippen LogP contribution in [0.2, 0.25) is 0 Å². The molecule has 0 spiro atoms. The van der Waals surface area contributed by atoms with Gasteiger partial charge in [0, 0.05) is 25.0 Å². The number of rotatable bonds is 3. The predicted octanol–water partition coefficient (Wildman–Crippen LogP) is 4.19. The lowest BCUT2D eigenvalue weighted by atomic mass is 10.0. The SMILES string of the molecule is Cn1c(-c2cn3cc(-c4cccc(F)c4CO)ccc3n2)nc2ccccc21. The summed E-state index contributed by atoms with van der Waals surface area (Å²) in [7, 11) is 1.97. The summed E-state index contributed by atoms with van der Waals surface area (Å²) in [5, 5.41) is 9.56. The molecule has 3 heterocycles. The minimum atomic E-state index is -0.411. The van der Waals surface area contributed by atoms with Crippen molar-refractivity contribution < 1.29 is 9.50 Å². The number of hydrogen-bond acceptors (Lipinski definition) is 3. The molecule has 0 fully saturated rings. The molecule has 0 saturated carbocycles. The average molecular weight is 372 g/mol. The lowest BCUT2D eigenvalue weighted by molar-refractivity contribution is 0.276. The van der Waals surface area contributed by atoms with Gasteiger partial charge in [-0.2, -0.15) is 0 Å². The number of nitrogens with zero attached hydrogens (tertiary/aromatic N) is 4. The van der Waals surface area contributed by atoms with Crippen molar-refractivity contribution >= 4 is 16.7 Å². The molecule has 0 amide bonds. The third-order valence-electron chi connectivity index (χ3n) is 5.06. The number of hydrogen-bond donors (Lipinski definition) is 1. The molecule has 138 valence electrons. The summed E-state index contributed by atoms with van der Waals surface area (Å²) in [6.07, 6.45) is 3.81. The van der Waals surface area contributed by atoms with E-state index in [9.17, 15) is 9.50 Å². The van der Waals surface area contributed by atoms with E-state index in [-0.39, 0.29) is 12.2 Å². The highest BCUT2D eigenvalue weighted by Gasteiger charge is 2.14. The Balaban J connectivity index is 1.65. The number of aryl methyl sites for hydroxylation is 1. The predicted molar refractivity (Wildman–Crippen MR) is 106 cm³/mol. The highest BCUT2D eigenvalue weighted by molar-refractivity contribution is 5.80. The van der Waals surface area contributed by atoms with Crippen LogP contribution in [0.4, 0.5) is 4.39 Å². The zero-order chi connectivity index (χ0) is 19.3. The molecule has 0 atom stereocenters. The first-order chi connectivity index (χ1) is 13.7. The van der Waals surface area contributed by atoms with Crippen LogP contribution in [-0.4, -0.2) is 24.0 Å². The molecule has 1 N–H and O–H groups in total. The van der Waals surface area contributed by atoms with Crippen molar-refractivity contribution in [3.63, 3.8) is 0 Å². The van der Waals surface area contributed by atoms with E-state index in [0.29, 0.717) is 5.56 Å². The summed E-state index contributed by atoms with van der Waals surface area (Å²) in [6.45, 7) is -0.352. The number of aliphatic hydroxyl groups excluding tert-OH is 1. The number of aromatic nitrogens is 4. The van der Waals surface area contributed by atoms with Gasteiger partial charge >= 0.3 is 0 Å². The summed E-state index contributed by atoms with van der Waals surface area (Å²) in [5.41, 5.74) is 5.27. The summed E-state index contributed by atoms with van der Waals surface area (Å²) in [5.74, 6) is 0.374. The normalized spacial score (nSPS) is 11.5. The Bertz CT molecular complexity index is 1340. The van der Waals surface area contributed by atoms with E-state index in [1.807, 2.05) is 64.8 Å². The molecular weight excluding hydrogens is 355 g/mol. The molecule has 5 nitrogen and oxygen atoms in total. The van der Waals surface area contributed by atoms with Crippen molar-refractivity contribution in [3.8, 4) is 22.6 Å². The van der Waals surface area contributed by atoms with Gasteiger partial charge in [-0.15, -0.1) is 0 Å². The van der Waals surface area contributed by atoms with E-state index in [4.69, 9.17) is 9.97 Å². The summed E-state index contributed by atoms with van der Waals surface area (Å²) in [4.78, 5) is 9.39. The first-order valence-corrected chi connectivity index (χ1v) is 8.95. The lowest BCUT2D eigenvalue weighted by Gasteiger charge is -2.09. The van der Waals surface area contributed by atoms with Crippen LogP contribution in [0, 0.1) is 5.82 Å². The molecule has 0 aliphatic rings. The van der Waals surface area contributed by atoms with Crippen molar-refractivity contribution in [2.75, 3.05) is 0 Å². The molecule has 2 aromatic carbocycles. The van der Waals surface area contributed by atoms with Gasteiger partial charge in [0.05, 0.1) is 17.6 Å². The summed E-state index contributed by atoms with van der Waals surface area (Å²) < 4.78 is 18.0. The molecule has 0 radical (unpaired) electrons. The first kappa shape index (κ1) is 16.6. The smallest absolute Gasteiger partial charge is 0.161 e. The van der Waals surface area contributed by atoms with Gasteiger partial charge in [-0.05, 0) is 41.5 Å². The number of para-hydroxylation sites is 2. The number of benzene rings is 2. The molecular formula is C22H17FN4O. The van der Waals surface area contributed by atoms with E-state index < -0.39 is 5.82 Å². The van der Waals surface area contributed by atoms with Crippen molar-refractivity contribution in [1.29, 1.82) is 0 Å². The van der Waals surface area contributed by atoms with Crippen molar-refractivity contribution in [2.45, 2.75) is 6.61 Å². The second-order valence-corrected chi connectivity index (χ2v) is 6.72. The Morgan fingerprint density at radius 2 is 1.82 bits per heavy atom. The quantitative estimate of drug-likeness (QED) is 0.517. The Kier molecular flexibility index (Phi) is 3.74. The van der Waals surface area contributed by atoms with E-state index >= 15 is 0 Å². The van der Waals surface area contributed by atoms with Crippen LogP contribution < -0.4 is 0 Å². The average Bonchev–Trinajstić information content (AvgIpc) is 3.28. The Hall–Kier alpha value is -3.51. The summed E-state index contributed by atoms with van der Waals surface area (Å²) >= 11 is 0. The van der Waals surface area contributed by atoms with Crippen molar-refractivity contribution in [3.05, 3.63) is 78.4 Å². The van der Waals surface area contributed by atoms with Crippen molar-refractivity contribution in [2.24, 2.45) is 7.05 Å². The van der Waals surface area contributed by atoms with E-state index in [0.717, 1.165) is 33.8 Å². The fourth-order valence-corrected chi connectivity index (χ4v) is 3.62. The topological polar surface area (TPSA) is 55.4 Å². The molecule has 5 rings (SSSR count). The van der Waals surface area contributed by atoms with Crippen LogP contribution in [0.5, 0.6) is 0 Å². The Morgan fingerprint density at radius 1 is 0.964 bits per heavy atom. The number of pyridine rings is 1. The second kappa shape index (κ2) is 6.28. The highest BCUT2D eigenvalue weighted by Crippen LogP contribution is 2.28. The lowest BCUT2D eigenvalue weighted by Crippen LogP contribution is -1.95. The highest BCUT2D eigenvalue weighted by atomic mass is 19.1. The van der Waals surface area contributed by atoms with Gasteiger partial charge in [0.25, 0.3) is 0 Å². The molecule has 0 aliphatic heterocycles. The number of imidazole rings is 2. The van der Waals surface area contributed by atoms with Gasteiger partial charge in [-0.1, -0.05) is 24.3 Å². The molecule has 0 saturated heterocycles. The van der Waals surface area contributed by atoms with Crippen LogP contribution >= 0.6 is 0 Å². The molecule has 3 aromatic heterocycles. The molecule has 5 aromatic rings. The van der Waals surface area contributed by atoms with Crippen LogP contribution in [0.1, 0.15) is 5.56 Å². The van der Waals surface area contributed by atoms with Crippen LogP contribution in [0.25, 0.3) is 39.3 Å². The Morgan fingerprint density at radius 3 is 2.64 bits per heavy atom. The maximum atomic E-state index is 14.0. The summed E-state index contributed by atoms with van der Waals surface area (Å²) in [6, 6.07) is 16.5. The van der Waals surface area contributed by atoms with Crippen molar-refractivity contribution in [1.82, 2.24) is 18.9 Å². The minimum Gasteiger partial charge on any atom is -0.392 e. The van der Waals surface area contributed by atoms with Crippen LogP contribution in [0.3, 0.4) is 0 Å². The van der Waals surface area contributed by atoms with Crippen LogP contribution in [-0.2, 0) is 13.7 Å². The van der Waals surface area contributed by atoms with E-state index in [1.165, 1.54) is 6.07 Å². The Labute approximate surface area is 160 Å². The number of aliphatic hydroxyl groups is 1. The molecule has 0 aliphatic carbocycles. The van der Waals surface area contributed by atoms with E-state index in [1.54, 1.807) is 12.1 Å². The maximum absolute atomic E-state index is 14.0. The molecule has 0 bridgehead atoms. The fourth-order valence-electron chi connectivity index (χ4n) is 3.62. The van der Waals surface area contributed by atoms with E-state index in [2.05, 4.69) is 0 Å². The molecule has 6 heteroatoms. The third kappa shape index (κ3) is 2.50. The minimum absolute atomic E-state index is 0.289. The largest absolute Gasteiger partial charge is 0.392 e. The zero-order valence-electron chi connectivity index (χ0n) is 15.2. The number of halogens is 1. The monoisotopic (exact) mass is 372 g/mol. The first-order valence-electron chi connectivity index (χ1n) is 8.95. The number of fused-ring (bicyclic) bond motifs is 2. The van der Waals surface area contributed by atoms with Gasteiger partial charge in [0.1, 0.15) is 17.2 Å². The van der Waals surface area contributed by atoms with Gasteiger partial charge in [-0.3, -0.25) is 0 Å². The molecule has 28 heavy (non-hydrogen) atoms. The van der Waals surface area contributed by atoms with Gasteiger partial charge in [-0.25, -0.2) is 14.4 Å².